The predicted octanol–water partition coefficient (Wildman–Crippen LogP) is 3.23. The molecule has 0 aliphatic carbocycles. The van der Waals surface area contributed by atoms with Crippen LogP contribution in [0.25, 0.3) is 0 Å². The molecular weight excluding hydrogens is 186 g/mol. The number of carbonyl (C=O) groups excluding carboxylic acids is 1. The Labute approximate surface area is 91.9 Å². The van der Waals surface area contributed by atoms with Gasteiger partial charge in [0.1, 0.15) is 0 Å². The van der Waals surface area contributed by atoms with Crippen molar-refractivity contribution in [3.8, 4) is 0 Å². The maximum Gasteiger partial charge on any atom is 0.227 e. The van der Waals surface area contributed by atoms with Gasteiger partial charge in [-0.3, -0.25) is 4.79 Å². The molecule has 0 spiro atoms. The molecule has 1 unspecified atom stereocenters. The smallest absolute Gasteiger partial charge is 0.227 e. The Kier molecular flexibility index (Phi) is 4.35. The van der Waals surface area contributed by atoms with Gasteiger partial charge in [-0.15, -0.1) is 0 Å². The summed E-state index contributed by atoms with van der Waals surface area (Å²) in [6.07, 6.45) is 1.67. The van der Waals surface area contributed by atoms with Crippen LogP contribution < -0.4 is 4.90 Å². The molecule has 15 heavy (non-hydrogen) atoms. The van der Waals surface area contributed by atoms with Crippen LogP contribution in [0.5, 0.6) is 0 Å². The highest BCUT2D eigenvalue weighted by atomic mass is 16.2. The molecule has 1 fully saturated rings. The fourth-order valence-electron chi connectivity index (χ4n) is 1.81. The Bertz CT molecular complexity index is 308. The van der Waals surface area contributed by atoms with E-state index < -0.39 is 0 Å². The van der Waals surface area contributed by atoms with Gasteiger partial charge in [-0.25, -0.2) is 0 Å². The van der Waals surface area contributed by atoms with Crippen LogP contribution in [0.2, 0.25) is 0 Å². The van der Waals surface area contributed by atoms with E-state index in [0.717, 1.165) is 12.1 Å². The summed E-state index contributed by atoms with van der Waals surface area (Å²) in [7, 11) is 0. The molecule has 82 valence electrons. The van der Waals surface area contributed by atoms with Crippen molar-refractivity contribution in [1.82, 2.24) is 0 Å². The Morgan fingerprint density at radius 2 is 1.80 bits per heavy atom. The van der Waals surface area contributed by atoms with Crippen LogP contribution in [-0.2, 0) is 4.79 Å². The van der Waals surface area contributed by atoms with Crippen molar-refractivity contribution in [2.24, 2.45) is 0 Å². The first kappa shape index (κ1) is 11.8. The molecule has 2 heteroatoms. The number of anilines is 1. The molecule has 1 atom stereocenters. The quantitative estimate of drug-likeness (QED) is 0.689. The highest BCUT2D eigenvalue weighted by molar-refractivity contribution is 5.96. The molecule has 2 rings (SSSR count). The number of amides is 1. The van der Waals surface area contributed by atoms with Gasteiger partial charge in [0, 0.05) is 18.2 Å². The molecule has 1 aliphatic heterocycles. The van der Waals surface area contributed by atoms with Crippen LogP contribution in [0.4, 0.5) is 5.69 Å². The Balaban J connectivity index is 0.000000531. The molecule has 1 saturated heterocycles. The molecule has 1 aromatic carbocycles. The van der Waals surface area contributed by atoms with E-state index in [1.807, 2.05) is 49.1 Å². The molecule has 1 amide bonds. The van der Waals surface area contributed by atoms with E-state index >= 15 is 0 Å². The average Bonchev–Trinajstić information content (AvgIpc) is 2.63. The fourth-order valence-corrected chi connectivity index (χ4v) is 1.81. The number of rotatable bonds is 1. The Hall–Kier alpha value is -1.31. The van der Waals surface area contributed by atoms with Crippen LogP contribution in [-0.4, -0.2) is 11.9 Å². The minimum absolute atomic E-state index is 0.249. The number of carbonyl (C=O) groups is 1. The molecule has 0 aromatic heterocycles. The molecule has 0 N–H and O–H groups in total. The summed E-state index contributed by atoms with van der Waals surface area (Å²) < 4.78 is 0. The number of para-hydroxylation sites is 1. The Morgan fingerprint density at radius 3 is 2.27 bits per heavy atom. The molecule has 1 aliphatic rings. The second-order valence-corrected chi connectivity index (χ2v) is 3.49. The third-order valence-corrected chi connectivity index (χ3v) is 2.52. The van der Waals surface area contributed by atoms with Crippen LogP contribution in [0, 0.1) is 0 Å². The molecule has 1 aromatic rings. The van der Waals surface area contributed by atoms with E-state index in [1.165, 1.54) is 0 Å². The van der Waals surface area contributed by atoms with E-state index in [1.54, 1.807) is 0 Å². The Morgan fingerprint density at radius 1 is 1.20 bits per heavy atom. The normalized spacial score (nSPS) is 19.8. The summed E-state index contributed by atoms with van der Waals surface area (Å²) in [5.74, 6) is 0.249. The predicted molar refractivity (Wildman–Crippen MR) is 64.0 cm³/mol. The number of hydrogen-bond acceptors (Lipinski definition) is 1. The topological polar surface area (TPSA) is 20.3 Å². The first-order valence-corrected chi connectivity index (χ1v) is 5.66. The largest absolute Gasteiger partial charge is 0.310 e. The van der Waals surface area contributed by atoms with Crippen molar-refractivity contribution >= 4 is 11.6 Å². The molecule has 0 bridgehead atoms. The molecular formula is C13H19NO. The van der Waals surface area contributed by atoms with Crippen molar-refractivity contribution in [3.05, 3.63) is 30.3 Å². The molecule has 0 radical (unpaired) electrons. The van der Waals surface area contributed by atoms with Crippen molar-refractivity contribution in [2.45, 2.75) is 39.7 Å². The van der Waals surface area contributed by atoms with Gasteiger partial charge in [0.05, 0.1) is 0 Å². The van der Waals surface area contributed by atoms with Crippen LogP contribution in [0.1, 0.15) is 33.6 Å². The lowest BCUT2D eigenvalue weighted by atomic mass is 10.2. The van der Waals surface area contributed by atoms with E-state index in [9.17, 15) is 4.79 Å². The van der Waals surface area contributed by atoms with Crippen molar-refractivity contribution in [1.29, 1.82) is 0 Å². The molecule has 1 heterocycles. The van der Waals surface area contributed by atoms with E-state index in [0.29, 0.717) is 12.5 Å². The van der Waals surface area contributed by atoms with Gasteiger partial charge >= 0.3 is 0 Å². The van der Waals surface area contributed by atoms with Gasteiger partial charge in [-0.2, -0.15) is 0 Å². The molecule has 2 nitrogen and oxygen atoms in total. The zero-order chi connectivity index (χ0) is 11.3. The van der Waals surface area contributed by atoms with Gasteiger partial charge < -0.3 is 4.90 Å². The van der Waals surface area contributed by atoms with E-state index in [2.05, 4.69) is 6.92 Å². The zero-order valence-electron chi connectivity index (χ0n) is 9.73. The highest BCUT2D eigenvalue weighted by Gasteiger charge is 2.28. The van der Waals surface area contributed by atoms with Crippen molar-refractivity contribution in [2.75, 3.05) is 4.90 Å². The fraction of sp³-hybridized carbons (Fsp3) is 0.462. The maximum atomic E-state index is 11.5. The first-order chi connectivity index (χ1) is 7.29. The number of hydrogen-bond donors (Lipinski definition) is 0. The van der Waals surface area contributed by atoms with Gasteiger partial charge in [-0.05, 0) is 25.5 Å². The lowest BCUT2D eigenvalue weighted by Gasteiger charge is -2.21. The highest BCUT2D eigenvalue weighted by Crippen LogP contribution is 2.25. The first-order valence-electron chi connectivity index (χ1n) is 5.66. The van der Waals surface area contributed by atoms with E-state index in [-0.39, 0.29) is 5.91 Å². The van der Waals surface area contributed by atoms with Crippen LogP contribution in [0.3, 0.4) is 0 Å². The third-order valence-electron chi connectivity index (χ3n) is 2.52. The summed E-state index contributed by atoms with van der Waals surface area (Å²) in [6, 6.07) is 10.2. The maximum absolute atomic E-state index is 11.5. The van der Waals surface area contributed by atoms with Crippen molar-refractivity contribution in [3.63, 3.8) is 0 Å². The van der Waals surface area contributed by atoms with Gasteiger partial charge in [0.15, 0.2) is 0 Å². The minimum Gasteiger partial charge on any atom is -0.310 e. The monoisotopic (exact) mass is 205 g/mol. The lowest BCUT2D eigenvalue weighted by molar-refractivity contribution is -0.117. The summed E-state index contributed by atoms with van der Waals surface area (Å²) in [4.78, 5) is 13.4. The average molecular weight is 205 g/mol. The van der Waals surface area contributed by atoms with Gasteiger partial charge in [0.2, 0.25) is 5.91 Å². The second-order valence-electron chi connectivity index (χ2n) is 3.49. The lowest BCUT2D eigenvalue weighted by Crippen LogP contribution is -2.30. The standard InChI is InChI=1S/C11H13NO.C2H6/c1-9-7-8-11(13)12(9)10-5-3-2-4-6-10;1-2/h2-6,9H,7-8H2,1H3;1-2H3. The van der Waals surface area contributed by atoms with Gasteiger partial charge in [-0.1, -0.05) is 32.0 Å². The summed E-state index contributed by atoms with van der Waals surface area (Å²) in [6.45, 7) is 6.10. The summed E-state index contributed by atoms with van der Waals surface area (Å²) in [5, 5.41) is 0. The zero-order valence-corrected chi connectivity index (χ0v) is 9.73. The van der Waals surface area contributed by atoms with Gasteiger partial charge in [0.25, 0.3) is 0 Å². The van der Waals surface area contributed by atoms with Crippen LogP contribution >= 0.6 is 0 Å². The third kappa shape index (κ3) is 2.58. The summed E-state index contributed by atoms with van der Waals surface area (Å²) in [5.41, 5.74) is 1.03. The number of benzene rings is 1. The number of nitrogens with zero attached hydrogens (tertiary/aromatic N) is 1. The van der Waals surface area contributed by atoms with Crippen molar-refractivity contribution < 1.29 is 4.79 Å². The second kappa shape index (κ2) is 5.54. The summed E-state index contributed by atoms with van der Waals surface area (Å²) >= 11 is 0. The van der Waals surface area contributed by atoms with Crippen LogP contribution in [0.15, 0.2) is 30.3 Å². The molecule has 0 saturated carbocycles. The van der Waals surface area contributed by atoms with E-state index in [4.69, 9.17) is 0 Å². The SMILES string of the molecule is CC.CC1CCC(=O)N1c1ccccc1. The minimum atomic E-state index is 0.249.